The lowest BCUT2D eigenvalue weighted by atomic mass is 10.1. The van der Waals surface area contributed by atoms with E-state index in [1.165, 1.54) is 0 Å². The second-order valence-corrected chi connectivity index (χ2v) is 6.81. The maximum absolute atomic E-state index is 12.7. The zero-order valence-corrected chi connectivity index (χ0v) is 14.4. The second kappa shape index (κ2) is 6.80. The highest BCUT2D eigenvalue weighted by Gasteiger charge is 2.40. The first-order chi connectivity index (χ1) is 12.6. The van der Waals surface area contributed by atoms with E-state index < -0.39 is 5.97 Å². The van der Waals surface area contributed by atoms with Gasteiger partial charge >= 0.3 is 12.0 Å². The normalized spacial score (nSPS) is 20.3. The predicted octanol–water partition coefficient (Wildman–Crippen LogP) is 2.51. The molecule has 1 N–H and O–H groups in total. The number of urea groups is 1. The lowest BCUT2D eigenvalue weighted by molar-refractivity contribution is 0.0697. The number of carbonyl (C=O) groups excluding carboxylic acids is 1. The molecule has 0 bridgehead atoms. The van der Waals surface area contributed by atoms with E-state index in [1.807, 2.05) is 52.3 Å². The summed E-state index contributed by atoms with van der Waals surface area (Å²) in [5.74, 6) is -0.907. The molecule has 0 aliphatic carbocycles. The number of carboxylic acid groups (broad SMARTS) is 1. The van der Waals surface area contributed by atoms with Crippen LogP contribution in [0.4, 0.5) is 10.5 Å². The molecule has 2 aliphatic heterocycles. The van der Waals surface area contributed by atoms with Crippen molar-refractivity contribution in [2.75, 3.05) is 31.1 Å². The van der Waals surface area contributed by atoms with E-state index >= 15 is 0 Å². The lowest BCUT2D eigenvalue weighted by Crippen LogP contribution is -2.51. The van der Waals surface area contributed by atoms with Gasteiger partial charge in [0, 0.05) is 38.4 Å². The smallest absolute Gasteiger partial charge is 0.335 e. The fraction of sp³-hybridized carbons (Fsp3) is 0.300. The van der Waals surface area contributed by atoms with Gasteiger partial charge in [0.15, 0.2) is 0 Å². The topological polar surface area (TPSA) is 64.1 Å². The molecule has 2 fully saturated rings. The minimum Gasteiger partial charge on any atom is -0.478 e. The molecule has 2 aromatic carbocycles. The van der Waals surface area contributed by atoms with Gasteiger partial charge in [0.25, 0.3) is 0 Å². The van der Waals surface area contributed by atoms with Gasteiger partial charge < -0.3 is 10.0 Å². The van der Waals surface area contributed by atoms with Crippen LogP contribution in [-0.2, 0) is 6.54 Å². The molecule has 2 aliphatic rings. The molecule has 0 saturated carbocycles. The van der Waals surface area contributed by atoms with Crippen molar-refractivity contribution in [3.63, 3.8) is 0 Å². The number of anilines is 1. The average Bonchev–Trinajstić information content (AvgIpc) is 2.99. The third-order valence-corrected chi connectivity index (χ3v) is 5.11. The number of amides is 2. The predicted molar refractivity (Wildman–Crippen MR) is 98.4 cm³/mol. The maximum atomic E-state index is 12.7. The van der Waals surface area contributed by atoms with E-state index in [9.17, 15) is 9.59 Å². The molecule has 134 valence electrons. The van der Waals surface area contributed by atoms with Crippen molar-refractivity contribution in [3.8, 4) is 0 Å². The number of aromatic carboxylic acids is 1. The van der Waals surface area contributed by atoms with E-state index in [0.29, 0.717) is 12.1 Å². The minimum absolute atomic E-state index is 0.0895. The van der Waals surface area contributed by atoms with Crippen LogP contribution in [0.2, 0.25) is 0 Å². The fourth-order valence-corrected chi connectivity index (χ4v) is 3.75. The summed E-state index contributed by atoms with van der Waals surface area (Å²) in [7, 11) is 0. The van der Waals surface area contributed by atoms with Gasteiger partial charge in [-0.05, 0) is 29.8 Å². The molecule has 2 heterocycles. The maximum Gasteiger partial charge on any atom is 0.335 e. The minimum atomic E-state index is -0.907. The largest absolute Gasteiger partial charge is 0.478 e. The number of carboxylic acids is 1. The van der Waals surface area contributed by atoms with Gasteiger partial charge in [-0.2, -0.15) is 0 Å². The van der Waals surface area contributed by atoms with Crippen molar-refractivity contribution in [1.29, 1.82) is 0 Å². The average molecular weight is 351 g/mol. The number of benzene rings is 2. The molecule has 2 saturated heterocycles. The number of rotatable bonds is 4. The summed E-state index contributed by atoms with van der Waals surface area (Å²) in [4.78, 5) is 29.8. The van der Waals surface area contributed by atoms with Crippen LogP contribution in [0.1, 0.15) is 15.9 Å². The number of nitrogens with zero attached hydrogens (tertiary/aromatic N) is 3. The summed E-state index contributed by atoms with van der Waals surface area (Å²) in [5.41, 5.74) is 2.34. The molecule has 2 aromatic rings. The zero-order valence-electron chi connectivity index (χ0n) is 14.4. The Hall–Kier alpha value is -2.86. The van der Waals surface area contributed by atoms with Crippen molar-refractivity contribution in [2.24, 2.45) is 0 Å². The van der Waals surface area contributed by atoms with Gasteiger partial charge in [0.1, 0.15) is 0 Å². The van der Waals surface area contributed by atoms with Crippen LogP contribution in [0.25, 0.3) is 0 Å². The number of fused-ring (bicyclic) bond motifs is 1. The molecule has 0 spiro atoms. The van der Waals surface area contributed by atoms with E-state index in [0.717, 1.165) is 37.4 Å². The Kier molecular flexibility index (Phi) is 4.34. The standard InChI is InChI=1S/C20H21N3O3/c24-19(25)16-8-6-15(7-9-16)12-21-10-11-22-18(13-21)14-23(20(22)26)17-4-2-1-3-5-17/h1-9,18H,10-14H2,(H,24,25). The molecule has 1 unspecified atom stereocenters. The molecular weight excluding hydrogens is 330 g/mol. The summed E-state index contributed by atoms with van der Waals surface area (Å²) in [6, 6.07) is 17.1. The third kappa shape index (κ3) is 3.15. The highest BCUT2D eigenvalue weighted by molar-refractivity contribution is 5.94. The molecule has 6 heteroatoms. The number of hydrogen-bond donors (Lipinski definition) is 1. The van der Waals surface area contributed by atoms with Crippen LogP contribution in [-0.4, -0.2) is 59.1 Å². The van der Waals surface area contributed by atoms with E-state index in [2.05, 4.69) is 4.90 Å². The monoisotopic (exact) mass is 351 g/mol. The Morgan fingerprint density at radius 3 is 2.42 bits per heavy atom. The Morgan fingerprint density at radius 1 is 1.00 bits per heavy atom. The molecule has 4 rings (SSSR count). The highest BCUT2D eigenvalue weighted by Crippen LogP contribution is 2.26. The molecule has 6 nitrogen and oxygen atoms in total. The first-order valence-corrected chi connectivity index (χ1v) is 8.79. The molecule has 2 amide bonds. The van der Waals surface area contributed by atoms with Crippen molar-refractivity contribution in [2.45, 2.75) is 12.6 Å². The van der Waals surface area contributed by atoms with Gasteiger partial charge in [-0.15, -0.1) is 0 Å². The summed E-state index contributed by atoms with van der Waals surface area (Å²) < 4.78 is 0. The Morgan fingerprint density at radius 2 is 1.73 bits per heavy atom. The summed E-state index contributed by atoms with van der Waals surface area (Å²) in [5, 5.41) is 8.99. The highest BCUT2D eigenvalue weighted by atomic mass is 16.4. The van der Waals surface area contributed by atoms with Crippen LogP contribution in [0, 0.1) is 0 Å². The van der Waals surface area contributed by atoms with E-state index in [1.54, 1.807) is 12.1 Å². The summed E-state index contributed by atoms with van der Waals surface area (Å²) in [6.45, 7) is 3.85. The van der Waals surface area contributed by atoms with E-state index in [4.69, 9.17) is 5.11 Å². The Labute approximate surface area is 152 Å². The van der Waals surface area contributed by atoms with Gasteiger partial charge in [-0.25, -0.2) is 9.59 Å². The van der Waals surface area contributed by atoms with E-state index in [-0.39, 0.29) is 12.1 Å². The van der Waals surface area contributed by atoms with Crippen molar-refractivity contribution >= 4 is 17.7 Å². The molecule has 0 aromatic heterocycles. The zero-order chi connectivity index (χ0) is 18.1. The first-order valence-electron chi connectivity index (χ1n) is 8.79. The molecule has 0 radical (unpaired) electrons. The van der Waals surface area contributed by atoms with Crippen LogP contribution >= 0.6 is 0 Å². The second-order valence-electron chi connectivity index (χ2n) is 6.81. The van der Waals surface area contributed by atoms with Crippen molar-refractivity contribution < 1.29 is 14.7 Å². The molecule has 26 heavy (non-hydrogen) atoms. The SMILES string of the molecule is O=C(O)c1ccc(CN2CCN3C(=O)N(c4ccccc4)CC3C2)cc1. The fourth-order valence-electron chi connectivity index (χ4n) is 3.75. The van der Waals surface area contributed by atoms with Crippen LogP contribution in [0.3, 0.4) is 0 Å². The Balaban J connectivity index is 1.41. The van der Waals surface area contributed by atoms with Gasteiger partial charge in [-0.1, -0.05) is 30.3 Å². The van der Waals surface area contributed by atoms with Crippen molar-refractivity contribution in [1.82, 2.24) is 9.80 Å². The van der Waals surface area contributed by atoms with Crippen LogP contribution in [0.15, 0.2) is 54.6 Å². The molecular formula is C20H21N3O3. The number of piperazine rings is 1. The lowest BCUT2D eigenvalue weighted by Gasteiger charge is -2.36. The quantitative estimate of drug-likeness (QED) is 0.919. The Bertz CT molecular complexity index is 807. The van der Waals surface area contributed by atoms with Gasteiger partial charge in [0.05, 0.1) is 11.6 Å². The summed E-state index contributed by atoms with van der Waals surface area (Å²) in [6.07, 6.45) is 0. The third-order valence-electron chi connectivity index (χ3n) is 5.11. The van der Waals surface area contributed by atoms with Gasteiger partial charge in [0.2, 0.25) is 0 Å². The van der Waals surface area contributed by atoms with Crippen LogP contribution in [0.5, 0.6) is 0 Å². The summed E-state index contributed by atoms with van der Waals surface area (Å²) >= 11 is 0. The van der Waals surface area contributed by atoms with Gasteiger partial charge in [-0.3, -0.25) is 9.80 Å². The van der Waals surface area contributed by atoms with Crippen LogP contribution < -0.4 is 4.90 Å². The number of para-hydroxylation sites is 1. The number of hydrogen-bond acceptors (Lipinski definition) is 3. The number of carbonyl (C=O) groups is 2. The first kappa shape index (κ1) is 16.6. The molecule has 1 atom stereocenters. The van der Waals surface area contributed by atoms with Crippen molar-refractivity contribution in [3.05, 3.63) is 65.7 Å².